The summed E-state index contributed by atoms with van der Waals surface area (Å²) in [5.41, 5.74) is 4.75. The molecule has 32 heavy (non-hydrogen) atoms. The molecule has 0 spiro atoms. The van der Waals surface area contributed by atoms with Crippen molar-refractivity contribution in [3.8, 4) is 5.75 Å². The second-order valence-corrected chi connectivity index (χ2v) is 8.54. The number of rotatable bonds is 11. The van der Waals surface area contributed by atoms with E-state index in [4.69, 9.17) is 4.74 Å². The number of para-hydroxylation sites is 1. The highest BCUT2D eigenvalue weighted by Crippen LogP contribution is 2.26. The molecule has 8 nitrogen and oxygen atoms in total. The molecule has 0 radical (unpaired) electrons. The number of benzene rings is 2. The lowest BCUT2D eigenvalue weighted by molar-refractivity contribution is -0.384. The van der Waals surface area contributed by atoms with Gasteiger partial charge in [0, 0.05) is 36.5 Å². The number of anilines is 1. The largest absolute Gasteiger partial charge is 0.483 e. The van der Waals surface area contributed by atoms with Crippen molar-refractivity contribution in [2.45, 2.75) is 34.6 Å². The summed E-state index contributed by atoms with van der Waals surface area (Å²) in [5.74, 6) is 1.03. The van der Waals surface area contributed by atoms with Gasteiger partial charge in [-0.05, 0) is 36.5 Å². The Hall–Kier alpha value is -3.42. The first-order valence-corrected chi connectivity index (χ1v) is 10.7. The molecule has 2 aromatic rings. The van der Waals surface area contributed by atoms with Crippen molar-refractivity contribution >= 4 is 23.5 Å². The summed E-state index contributed by atoms with van der Waals surface area (Å²) in [6.45, 7) is 11.8. The fourth-order valence-corrected chi connectivity index (χ4v) is 3.27. The number of ether oxygens (including phenoxy) is 1. The fourth-order valence-electron chi connectivity index (χ4n) is 3.27. The normalized spacial score (nSPS) is 11.2. The molecule has 8 heteroatoms. The van der Waals surface area contributed by atoms with Crippen molar-refractivity contribution in [2.24, 2.45) is 16.9 Å². The number of non-ortho nitro benzene ring substituents is 1. The monoisotopic (exact) mass is 440 g/mol. The number of nitro benzene ring substituents is 1. The van der Waals surface area contributed by atoms with Crippen LogP contribution in [0.5, 0.6) is 5.75 Å². The molecule has 1 N–H and O–H groups in total. The first kappa shape index (κ1) is 24.8. The van der Waals surface area contributed by atoms with Crippen molar-refractivity contribution in [1.29, 1.82) is 0 Å². The molecule has 0 aliphatic carbocycles. The quantitative estimate of drug-likeness (QED) is 0.314. The van der Waals surface area contributed by atoms with Crippen LogP contribution in [0.4, 0.5) is 11.4 Å². The number of nitro groups is 1. The maximum absolute atomic E-state index is 12.1. The van der Waals surface area contributed by atoms with Gasteiger partial charge in [-0.25, -0.2) is 5.43 Å². The summed E-state index contributed by atoms with van der Waals surface area (Å²) >= 11 is 0. The van der Waals surface area contributed by atoms with Gasteiger partial charge in [0.25, 0.3) is 11.6 Å². The lowest BCUT2D eigenvalue weighted by Gasteiger charge is -2.29. The van der Waals surface area contributed by atoms with E-state index in [-0.39, 0.29) is 12.3 Å². The Morgan fingerprint density at radius 2 is 1.81 bits per heavy atom. The minimum absolute atomic E-state index is 0.0292. The number of hydrazone groups is 1. The van der Waals surface area contributed by atoms with E-state index in [9.17, 15) is 14.9 Å². The predicted molar refractivity (Wildman–Crippen MR) is 127 cm³/mol. The minimum atomic E-state index is -0.440. The molecular formula is C24H32N4O4. The average molecular weight is 441 g/mol. The summed E-state index contributed by atoms with van der Waals surface area (Å²) in [7, 11) is 0. The molecule has 0 atom stereocenters. The van der Waals surface area contributed by atoms with Gasteiger partial charge in [-0.2, -0.15) is 5.10 Å². The van der Waals surface area contributed by atoms with Gasteiger partial charge in [-0.1, -0.05) is 45.9 Å². The standard InChI is InChI=1S/C24H32N4O4/c1-17(2)14-27(15-18(3)4)22-11-10-21(28(30)31)12-20(22)13-25-26-24(29)16-32-23-9-7-6-8-19(23)5/h6-13,17-18H,14-16H2,1-5H3,(H,26,29). The summed E-state index contributed by atoms with van der Waals surface area (Å²) in [5, 5.41) is 15.3. The van der Waals surface area contributed by atoms with Gasteiger partial charge >= 0.3 is 0 Å². The first-order chi connectivity index (χ1) is 15.2. The molecule has 172 valence electrons. The van der Waals surface area contributed by atoms with Crippen molar-refractivity contribution in [1.82, 2.24) is 5.43 Å². The molecular weight excluding hydrogens is 408 g/mol. The summed E-state index contributed by atoms with van der Waals surface area (Å²) in [6.07, 6.45) is 1.45. The van der Waals surface area contributed by atoms with Gasteiger partial charge in [0.2, 0.25) is 0 Å². The molecule has 2 aromatic carbocycles. The molecule has 0 saturated heterocycles. The van der Waals surface area contributed by atoms with E-state index in [1.165, 1.54) is 18.3 Å². The average Bonchev–Trinajstić information content (AvgIpc) is 2.72. The Kier molecular flexibility index (Phi) is 9.19. The maximum Gasteiger partial charge on any atom is 0.277 e. The van der Waals surface area contributed by atoms with E-state index >= 15 is 0 Å². The zero-order valence-corrected chi connectivity index (χ0v) is 19.4. The van der Waals surface area contributed by atoms with E-state index in [1.807, 2.05) is 25.1 Å². The molecule has 0 bridgehead atoms. The van der Waals surface area contributed by atoms with Crippen molar-refractivity contribution in [2.75, 3.05) is 24.6 Å². The number of aryl methyl sites for hydroxylation is 1. The molecule has 0 saturated carbocycles. The van der Waals surface area contributed by atoms with Crippen LogP contribution in [0.25, 0.3) is 0 Å². The van der Waals surface area contributed by atoms with Gasteiger partial charge in [0.1, 0.15) is 5.75 Å². The van der Waals surface area contributed by atoms with E-state index in [0.717, 1.165) is 24.3 Å². The zero-order valence-electron chi connectivity index (χ0n) is 19.4. The Labute approximate surface area is 189 Å². The lowest BCUT2D eigenvalue weighted by atomic mass is 10.1. The SMILES string of the molecule is Cc1ccccc1OCC(=O)NN=Cc1cc([N+](=O)[O-])ccc1N(CC(C)C)CC(C)C. The fraction of sp³-hybridized carbons (Fsp3) is 0.417. The van der Waals surface area contributed by atoms with Gasteiger partial charge in [-0.15, -0.1) is 0 Å². The minimum Gasteiger partial charge on any atom is -0.483 e. The van der Waals surface area contributed by atoms with Crippen LogP contribution in [-0.4, -0.2) is 36.7 Å². The number of nitrogens with zero attached hydrogens (tertiary/aromatic N) is 3. The summed E-state index contributed by atoms with van der Waals surface area (Å²) in [6, 6.07) is 12.1. The molecule has 0 fully saturated rings. The van der Waals surface area contributed by atoms with E-state index in [1.54, 1.807) is 12.1 Å². The first-order valence-electron chi connectivity index (χ1n) is 10.7. The van der Waals surface area contributed by atoms with Crippen LogP contribution in [0.3, 0.4) is 0 Å². The highest BCUT2D eigenvalue weighted by Gasteiger charge is 2.17. The van der Waals surface area contributed by atoms with Crippen LogP contribution >= 0.6 is 0 Å². The van der Waals surface area contributed by atoms with Gasteiger partial charge in [0.15, 0.2) is 6.61 Å². The topological polar surface area (TPSA) is 97.1 Å². The lowest BCUT2D eigenvalue weighted by Crippen LogP contribution is -2.32. The highest BCUT2D eigenvalue weighted by molar-refractivity contribution is 5.90. The predicted octanol–water partition coefficient (Wildman–Crippen LogP) is 4.55. The third kappa shape index (κ3) is 7.68. The van der Waals surface area contributed by atoms with E-state index in [0.29, 0.717) is 23.1 Å². The molecule has 0 heterocycles. The van der Waals surface area contributed by atoms with E-state index in [2.05, 4.69) is 43.1 Å². The van der Waals surface area contributed by atoms with Crippen LogP contribution in [0, 0.1) is 28.9 Å². The molecule has 1 amide bonds. The number of hydrogen-bond acceptors (Lipinski definition) is 6. The molecule has 0 aromatic heterocycles. The van der Waals surface area contributed by atoms with Crippen LogP contribution in [0.2, 0.25) is 0 Å². The van der Waals surface area contributed by atoms with E-state index < -0.39 is 10.8 Å². The second kappa shape index (κ2) is 11.8. The van der Waals surface area contributed by atoms with Crippen molar-refractivity contribution in [3.63, 3.8) is 0 Å². The van der Waals surface area contributed by atoms with Gasteiger partial charge < -0.3 is 9.64 Å². The maximum atomic E-state index is 12.1. The molecule has 0 aliphatic heterocycles. The number of hydrogen-bond donors (Lipinski definition) is 1. The van der Waals surface area contributed by atoms with Crippen molar-refractivity contribution in [3.05, 3.63) is 63.7 Å². The van der Waals surface area contributed by atoms with Gasteiger partial charge in [0.05, 0.1) is 11.1 Å². The highest BCUT2D eigenvalue weighted by atomic mass is 16.6. The van der Waals surface area contributed by atoms with Crippen molar-refractivity contribution < 1.29 is 14.5 Å². The number of nitrogens with one attached hydrogen (secondary N) is 1. The zero-order chi connectivity index (χ0) is 23.7. The second-order valence-electron chi connectivity index (χ2n) is 8.54. The smallest absolute Gasteiger partial charge is 0.277 e. The number of carbonyl (C=O) groups excluding carboxylic acids is 1. The molecule has 0 aliphatic rings. The molecule has 0 unspecified atom stereocenters. The Balaban J connectivity index is 2.17. The Bertz CT molecular complexity index is 947. The third-order valence-electron chi connectivity index (χ3n) is 4.58. The third-order valence-corrected chi connectivity index (χ3v) is 4.58. The van der Waals surface area contributed by atoms with Crippen LogP contribution < -0.4 is 15.1 Å². The Morgan fingerprint density at radius 3 is 2.41 bits per heavy atom. The van der Waals surface area contributed by atoms with Gasteiger partial charge in [-0.3, -0.25) is 14.9 Å². The van der Waals surface area contributed by atoms with Crippen LogP contribution in [-0.2, 0) is 4.79 Å². The molecule has 2 rings (SSSR count). The Morgan fingerprint density at radius 1 is 1.16 bits per heavy atom. The number of carbonyl (C=O) groups is 1. The summed E-state index contributed by atoms with van der Waals surface area (Å²) < 4.78 is 5.52. The number of amides is 1. The van der Waals surface area contributed by atoms with Crippen LogP contribution in [0.15, 0.2) is 47.6 Å². The summed E-state index contributed by atoms with van der Waals surface area (Å²) in [4.78, 5) is 25.2. The van der Waals surface area contributed by atoms with Crippen LogP contribution in [0.1, 0.15) is 38.8 Å².